The lowest BCUT2D eigenvalue weighted by Crippen LogP contribution is -2.30. The molecule has 0 spiro atoms. The van der Waals surface area contributed by atoms with Crippen molar-refractivity contribution in [2.24, 2.45) is 0 Å². The average molecular weight is 249 g/mol. The monoisotopic (exact) mass is 249 g/mol. The number of carboxylic acid groups (broad SMARTS) is 1. The van der Waals surface area contributed by atoms with Crippen LogP contribution in [0.1, 0.15) is 41.5 Å². The summed E-state index contributed by atoms with van der Waals surface area (Å²) in [6.45, 7) is 10.8. The van der Waals surface area contributed by atoms with Gasteiger partial charge < -0.3 is 19.9 Å². The number of carbonyl (C=O) groups is 2. The van der Waals surface area contributed by atoms with Gasteiger partial charge in [-0.3, -0.25) is 0 Å². The first-order valence-electron chi connectivity index (χ1n) is 5.20. The summed E-state index contributed by atoms with van der Waals surface area (Å²) in [6.07, 6.45) is -1.61. The Morgan fingerprint density at radius 2 is 1.18 bits per heavy atom. The molecular weight excluding hydrogens is 226 g/mol. The molecule has 0 aliphatic heterocycles. The summed E-state index contributed by atoms with van der Waals surface area (Å²) in [5.41, 5.74) is -0.968. The number of carbonyl (C=O) groups excluding carboxylic acids is 1. The van der Waals surface area contributed by atoms with Gasteiger partial charge in [0.1, 0.15) is 11.2 Å². The maximum absolute atomic E-state index is 11.0. The highest BCUT2D eigenvalue weighted by Gasteiger charge is 2.22. The summed E-state index contributed by atoms with van der Waals surface area (Å²) < 4.78 is 9.91. The molecule has 0 saturated carbocycles. The number of hydrogen-bond donors (Lipinski definition) is 2. The second kappa shape index (κ2) is 6.98. The molecule has 0 rings (SSSR count). The lowest BCUT2D eigenvalue weighted by atomic mass is 10.2. The smallest absolute Gasteiger partial charge is 0.465 e. The van der Waals surface area contributed by atoms with Gasteiger partial charge in [0.05, 0.1) is 0 Å². The Morgan fingerprint density at radius 3 is 1.29 bits per heavy atom. The standard InChI is InChI=1S/C9H18O3.C2H5NO2/c1-8(2,3)11-7(10)12-9(4,5)6;1-3-2(4)5/h1-6H3;3H,1H3,(H,4,5). The Bertz CT molecular complexity index is 232. The molecule has 6 heteroatoms. The summed E-state index contributed by atoms with van der Waals surface area (Å²) >= 11 is 0. The molecule has 2 N–H and O–H groups in total. The van der Waals surface area contributed by atoms with Gasteiger partial charge in [-0.05, 0) is 41.5 Å². The zero-order valence-corrected chi connectivity index (χ0v) is 11.6. The minimum absolute atomic E-state index is 0.484. The lowest BCUT2D eigenvalue weighted by molar-refractivity contribution is -0.0468. The summed E-state index contributed by atoms with van der Waals surface area (Å²) in [5.74, 6) is 0. The highest BCUT2D eigenvalue weighted by molar-refractivity contribution is 5.63. The van der Waals surface area contributed by atoms with Gasteiger partial charge in [-0.1, -0.05) is 0 Å². The van der Waals surface area contributed by atoms with Crippen LogP contribution < -0.4 is 5.32 Å². The van der Waals surface area contributed by atoms with Crippen LogP contribution in [0, 0.1) is 0 Å². The predicted octanol–water partition coefficient (Wildman–Crippen LogP) is 2.62. The summed E-state index contributed by atoms with van der Waals surface area (Å²) in [7, 11) is 1.35. The quantitative estimate of drug-likeness (QED) is 0.644. The van der Waals surface area contributed by atoms with E-state index in [-0.39, 0.29) is 0 Å². The molecule has 0 atom stereocenters. The Labute approximate surface area is 102 Å². The first-order chi connectivity index (χ1) is 7.37. The van der Waals surface area contributed by atoms with E-state index in [9.17, 15) is 9.59 Å². The Balaban J connectivity index is 0. The van der Waals surface area contributed by atoms with Gasteiger partial charge in [0.25, 0.3) is 0 Å². The molecule has 0 saturated heterocycles. The highest BCUT2D eigenvalue weighted by atomic mass is 16.7. The highest BCUT2D eigenvalue weighted by Crippen LogP contribution is 2.13. The van der Waals surface area contributed by atoms with Gasteiger partial charge in [-0.25, -0.2) is 9.59 Å². The van der Waals surface area contributed by atoms with Crippen molar-refractivity contribution < 1.29 is 24.2 Å². The molecule has 0 bridgehead atoms. The molecule has 0 aromatic heterocycles. The molecule has 102 valence electrons. The van der Waals surface area contributed by atoms with Crippen LogP contribution in [0.15, 0.2) is 0 Å². The Kier molecular flexibility index (Phi) is 7.36. The third kappa shape index (κ3) is 20.6. The zero-order valence-electron chi connectivity index (χ0n) is 11.6. The first-order valence-corrected chi connectivity index (χ1v) is 5.20. The molecule has 0 fully saturated rings. The molecule has 0 aromatic rings. The topological polar surface area (TPSA) is 84.9 Å². The van der Waals surface area contributed by atoms with Crippen LogP contribution in [-0.2, 0) is 9.47 Å². The van der Waals surface area contributed by atoms with Crippen LogP contribution in [-0.4, -0.2) is 35.6 Å². The molecule has 17 heavy (non-hydrogen) atoms. The molecular formula is C11H23NO5. The summed E-state index contributed by atoms with van der Waals surface area (Å²) in [6, 6.07) is 0. The fourth-order valence-electron chi connectivity index (χ4n) is 0.521. The number of rotatable bonds is 0. The number of hydrogen-bond acceptors (Lipinski definition) is 4. The van der Waals surface area contributed by atoms with Gasteiger partial charge in [0, 0.05) is 7.05 Å². The molecule has 0 aliphatic rings. The van der Waals surface area contributed by atoms with Crippen molar-refractivity contribution in [2.45, 2.75) is 52.7 Å². The minimum atomic E-state index is -0.995. The molecule has 0 heterocycles. The van der Waals surface area contributed by atoms with Crippen LogP contribution in [0.5, 0.6) is 0 Å². The maximum atomic E-state index is 11.0. The third-order valence-electron chi connectivity index (χ3n) is 0.993. The molecule has 0 aromatic carbocycles. The Morgan fingerprint density at radius 1 is 0.941 bits per heavy atom. The van der Waals surface area contributed by atoms with Crippen molar-refractivity contribution in [3.63, 3.8) is 0 Å². The fourth-order valence-corrected chi connectivity index (χ4v) is 0.521. The van der Waals surface area contributed by atoms with Crippen molar-refractivity contribution in [3.05, 3.63) is 0 Å². The fraction of sp³-hybridized carbons (Fsp3) is 0.818. The number of ether oxygens (including phenoxy) is 2. The molecule has 0 aliphatic carbocycles. The van der Waals surface area contributed by atoms with Crippen LogP contribution in [0.3, 0.4) is 0 Å². The normalized spacial score (nSPS) is 10.8. The van der Waals surface area contributed by atoms with Crippen molar-refractivity contribution >= 4 is 12.2 Å². The van der Waals surface area contributed by atoms with E-state index in [2.05, 4.69) is 0 Å². The molecule has 0 unspecified atom stereocenters. The molecule has 1 amide bonds. The lowest BCUT2D eigenvalue weighted by Gasteiger charge is -2.24. The van der Waals surface area contributed by atoms with Crippen LogP contribution in [0.2, 0.25) is 0 Å². The van der Waals surface area contributed by atoms with E-state index < -0.39 is 23.5 Å². The SMILES string of the molecule is CC(C)(C)OC(=O)OC(C)(C)C.CNC(=O)O. The van der Waals surface area contributed by atoms with Crippen molar-refractivity contribution in [1.82, 2.24) is 5.32 Å². The summed E-state index contributed by atoms with van der Waals surface area (Å²) in [5, 5.41) is 9.56. The van der Waals surface area contributed by atoms with Gasteiger partial charge in [-0.15, -0.1) is 0 Å². The molecule has 6 nitrogen and oxygen atoms in total. The minimum Gasteiger partial charge on any atom is -0.465 e. The maximum Gasteiger partial charge on any atom is 0.509 e. The van der Waals surface area contributed by atoms with Crippen LogP contribution in [0.4, 0.5) is 9.59 Å². The zero-order chi connectivity index (χ0) is 14.3. The molecule has 0 radical (unpaired) electrons. The van der Waals surface area contributed by atoms with Gasteiger partial charge >= 0.3 is 12.2 Å². The first kappa shape index (κ1) is 17.9. The van der Waals surface area contributed by atoms with E-state index in [0.717, 1.165) is 0 Å². The van der Waals surface area contributed by atoms with Gasteiger partial charge in [0.2, 0.25) is 0 Å². The van der Waals surface area contributed by atoms with E-state index in [1.54, 1.807) is 41.5 Å². The van der Waals surface area contributed by atoms with Crippen LogP contribution in [0.25, 0.3) is 0 Å². The Hall–Kier alpha value is -1.46. The van der Waals surface area contributed by atoms with Crippen LogP contribution >= 0.6 is 0 Å². The predicted molar refractivity (Wildman–Crippen MR) is 64.2 cm³/mol. The second-order valence-electron chi connectivity index (χ2n) is 5.23. The number of nitrogens with one attached hydrogen (secondary N) is 1. The van der Waals surface area contributed by atoms with E-state index >= 15 is 0 Å². The summed E-state index contributed by atoms with van der Waals surface area (Å²) in [4.78, 5) is 20.3. The van der Waals surface area contributed by atoms with E-state index in [1.165, 1.54) is 7.05 Å². The third-order valence-corrected chi connectivity index (χ3v) is 0.993. The van der Waals surface area contributed by atoms with Crippen molar-refractivity contribution in [2.75, 3.05) is 7.05 Å². The van der Waals surface area contributed by atoms with E-state index in [4.69, 9.17) is 14.6 Å². The largest absolute Gasteiger partial charge is 0.509 e. The van der Waals surface area contributed by atoms with Crippen molar-refractivity contribution in [1.29, 1.82) is 0 Å². The second-order valence-corrected chi connectivity index (χ2v) is 5.23. The van der Waals surface area contributed by atoms with Crippen molar-refractivity contribution in [3.8, 4) is 0 Å². The number of amides is 1. The van der Waals surface area contributed by atoms with E-state index in [0.29, 0.717) is 0 Å². The van der Waals surface area contributed by atoms with Gasteiger partial charge in [-0.2, -0.15) is 0 Å². The van der Waals surface area contributed by atoms with Gasteiger partial charge in [0.15, 0.2) is 0 Å². The van der Waals surface area contributed by atoms with E-state index in [1.807, 2.05) is 5.32 Å². The average Bonchev–Trinajstić information content (AvgIpc) is 1.97.